The first-order valence-electron chi connectivity index (χ1n) is 8.21. The first-order chi connectivity index (χ1) is 13.5. The second-order valence-electron chi connectivity index (χ2n) is 6.03. The van der Waals surface area contributed by atoms with Gasteiger partial charge in [0.25, 0.3) is 5.91 Å². The molecule has 29 heavy (non-hydrogen) atoms. The maximum absolute atomic E-state index is 13.0. The van der Waals surface area contributed by atoms with Gasteiger partial charge in [-0.05, 0) is 42.5 Å². The Labute approximate surface area is 161 Å². The molecule has 0 aliphatic rings. The van der Waals surface area contributed by atoms with Gasteiger partial charge in [-0.25, -0.2) is 4.68 Å². The fraction of sp³-hybridized carbons (Fsp3) is 0.158. The van der Waals surface area contributed by atoms with Crippen molar-refractivity contribution in [2.75, 3.05) is 11.4 Å². The van der Waals surface area contributed by atoms with Gasteiger partial charge in [0.1, 0.15) is 6.54 Å². The molecule has 1 heterocycles. The lowest BCUT2D eigenvalue weighted by Crippen LogP contribution is -2.39. The summed E-state index contributed by atoms with van der Waals surface area (Å²) in [7, 11) is 0. The van der Waals surface area contributed by atoms with E-state index in [0.717, 1.165) is 16.9 Å². The molecule has 152 valence electrons. The van der Waals surface area contributed by atoms with Crippen LogP contribution in [-0.2, 0) is 6.18 Å². The first-order valence-corrected chi connectivity index (χ1v) is 8.21. The van der Waals surface area contributed by atoms with Crippen molar-refractivity contribution in [3.05, 3.63) is 78.1 Å². The van der Waals surface area contributed by atoms with E-state index in [2.05, 4.69) is 5.10 Å². The van der Waals surface area contributed by atoms with Crippen LogP contribution in [0.25, 0.3) is 5.69 Å². The van der Waals surface area contributed by atoms with Gasteiger partial charge in [0.05, 0.1) is 5.69 Å². The maximum Gasteiger partial charge on any atom is 0.435 e. The van der Waals surface area contributed by atoms with E-state index in [-0.39, 0.29) is 16.9 Å². The molecule has 1 aromatic heterocycles. The fourth-order valence-electron chi connectivity index (χ4n) is 2.60. The number of aromatic nitrogens is 2. The number of halogens is 6. The Kier molecular flexibility index (Phi) is 5.36. The summed E-state index contributed by atoms with van der Waals surface area (Å²) in [6, 6.07) is 13.2. The first kappa shape index (κ1) is 20.4. The molecule has 0 atom stereocenters. The van der Waals surface area contributed by atoms with Crippen LogP contribution in [-0.4, -0.2) is 28.4 Å². The van der Waals surface area contributed by atoms with Gasteiger partial charge in [0, 0.05) is 17.4 Å². The number of anilines is 1. The van der Waals surface area contributed by atoms with E-state index in [4.69, 9.17) is 0 Å². The zero-order chi connectivity index (χ0) is 21.2. The molecule has 10 heteroatoms. The normalized spacial score (nSPS) is 12.1. The number of hydrogen-bond donors (Lipinski definition) is 0. The maximum atomic E-state index is 13.0. The minimum absolute atomic E-state index is 0.0509. The molecule has 0 spiro atoms. The lowest BCUT2D eigenvalue weighted by Gasteiger charge is -2.24. The van der Waals surface area contributed by atoms with Crippen LogP contribution in [0.2, 0.25) is 0 Å². The van der Waals surface area contributed by atoms with Gasteiger partial charge in [-0.15, -0.1) is 0 Å². The van der Waals surface area contributed by atoms with Crippen LogP contribution in [0.1, 0.15) is 16.1 Å². The van der Waals surface area contributed by atoms with Crippen LogP contribution >= 0.6 is 0 Å². The van der Waals surface area contributed by atoms with E-state index in [1.807, 2.05) is 0 Å². The average Bonchev–Trinajstić information content (AvgIpc) is 3.16. The Morgan fingerprint density at radius 2 is 1.52 bits per heavy atom. The van der Waals surface area contributed by atoms with Gasteiger partial charge in [-0.1, -0.05) is 18.2 Å². The zero-order valence-corrected chi connectivity index (χ0v) is 14.6. The van der Waals surface area contributed by atoms with Gasteiger partial charge in [-0.3, -0.25) is 9.69 Å². The highest BCUT2D eigenvalue weighted by Gasteiger charge is 2.35. The van der Waals surface area contributed by atoms with E-state index < -0.39 is 30.5 Å². The third-order valence-electron chi connectivity index (χ3n) is 3.91. The van der Waals surface area contributed by atoms with Crippen LogP contribution in [0.5, 0.6) is 0 Å². The highest BCUT2D eigenvalue weighted by atomic mass is 19.4. The molecule has 1 amide bonds. The van der Waals surface area contributed by atoms with Crippen molar-refractivity contribution in [1.29, 1.82) is 0 Å². The Hall–Kier alpha value is -3.30. The second-order valence-corrected chi connectivity index (χ2v) is 6.03. The number of carbonyl (C=O) groups is 1. The predicted octanol–water partition coefficient (Wildman–Crippen LogP) is 5.10. The van der Waals surface area contributed by atoms with Gasteiger partial charge >= 0.3 is 12.4 Å². The van der Waals surface area contributed by atoms with E-state index >= 15 is 0 Å². The molecular formula is C19H13F6N3O. The molecule has 3 aromatic rings. The summed E-state index contributed by atoms with van der Waals surface area (Å²) < 4.78 is 77.8. The number of nitrogens with zero attached hydrogens (tertiary/aromatic N) is 3. The Balaban J connectivity index is 1.87. The second kappa shape index (κ2) is 7.61. The Bertz CT molecular complexity index is 978. The molecule has 0 radical (unpaired) electrons. The summed E-state index contributed by atoms with van der Waals surface area (Å²) >= 11 is 0. The predicted molar refractivity (Wildman–Crippen MR) is 92.7 cm³/mol. The van der Waals surface area contributed by atoms with E-state index in [1.165, 1.54) is 48.5 Å². The molecule has 0 saturated carbocycles. The standard InChI is InChI=1S/C19H13F6N3O/c20-18(21,22)12-27(14-4-2-1-3-5-14)17(29)13-6-8-15(9-7-13)28-11-10-16(26-28)19(23,24)25/h1-11H,12H2. The Morgan fingerprint density at radius 3 is 2.03 bits per heavy atom. The lowest BCUT2D eigenvalue weighted by atomic mass is 10.1. The minimum Gasteiger partial charge on any atom is -0.299 e. The fourth-order valence-corrected chi connectivity index (χ4v) is 2.60. The molecule has 0 unspecified atom stereocenters. The quantitative estimate of drug-likeness (QED) is 0.559. The van der Waals surface area contributed by atoms with E-state index in [1.54, 1.807) is 6.07 Å². The van der Waals surface area contributed by atoms with Crippen LogP contribution in [0.4, 0.5) is 32.0 Å². The van der Waals surface area contributed by atoms with E-state index in [0.29, 0.717) is 4.90 Å². The molecule has 4 nitrogen and oxygen atoms in total. The minimum atomic E-state index is -4.62. The largest absolute Gasteiger partial charge is 0.435 e. The lowest BCUT2D eigenvalue weighted by molar-refractivity contribution is -0.141. The molecule has 0 saturated heterocycles. The van der Waals surface area contributed by atoms with Crippen molar-refractivity contribution < 1.29 is 31.1 Å². The number of benzene rings is 2. The van der Waals surface area contributed by atoms with Crippen LogP contribution in [0.3, 0.4) is 0 Å². The van der Waals surface area contributed by atoms with Gasteiger partial charge < -0.3 is 0 Å². The Morgan fingerprint density at radius 1 is 0.897 bits per heavy atom. The number of para-hydroxylation sites is 1. The van der Waals surface area contributed by atoms with Crippen molar-refractivity contribution in [3.63, 3.8) is 0 Å². The van der Waals surface area contributed by atoms with Crippen molar-refractivity contribution in [2.24, 2.45) is 0 Å². The summed E-state index contributed by atoms with van der Waals surface area (Å²) in [6.07, 6.45) is -8.12. The number of alkyl halides is 6. The molecule has 0 bridgehead atoms. The van der Waals surface area contributed by atoms with Crippen molar-refractivity contribution in [2.45, 2.75) is 12.4 Å². The van der Waals surface area contributed by atoms with Crippen LogP contribution < -0.4 is 4.90 Å². The van der Waals surface area contributed by atoms with Crippen LogP contribution in [0, 0.1) is 0 Å². The van der Waals surface area contributed by atoms with E-state index in [9.17, 15) is 31.1 Å². The molecule has 0 fully saturated rings. The zero-order valence-electron chi connectivity index (χ0n) is 14.6. The topological polar surface area (TPSA) is 38.1 Å². The molecule has 0 N–H and O–H groups in total. The summed E-state index contributed by atoms with van der Waals surface area (Å²) in [5, 5.41) is 3.41. The average molecular weight is 413 g/mol. The third kappa shape index (κ3) is 4.95. The molecule has 0 aliphatic heterocycles. The summed E-state index contributed by atoms with van der Waals surface area (Å²) in [5.41, 5.74) is -0.844. The molecular weight excluding hydrogens is 400 g/mol. The molecule has 3 rings (SSSR count). The third-order valence-corrected chi connectivity index (χ3v) is 3.91. The summed E-state index contributed by atoms with van der Waals surface area (Å²) in [4.78, 5) is 13.2. The smallest absolute Gasteiger partial charge is 0.299 e. The highest BCUT2D eigenvalue weighted by molar-refractivity contribution is 6.06. The van der Waals surface area contributed by atoms with Gasteiger partial charge in [0.2, 0.25) is 0 Å². The van der Waals surface area contributed by atoms with Gasteiger partial charge in [-0.2, -0.15) is 31.4 Å². The molecule has 0 aliphatic carbocycles. The number of hydrogen-bond acceptors (Lipinski definition) is 2. The number of carbonyl (C=O) groups excluding carboxylic acids is 1. The highest BCUT2D eigenvalue weighted by Crippen LogP contribution is 2.28. The number of amides is 1. The summed E-state index contributed by atoms with van der Waals surface area (Å²) in [6.45, 7) is -1.48. The summed E-state index contributed by atoms with van der Waals surface area (Å²) in [5.74, 6) is -0.892. The van der Waals surface area contributed by atoms with Crippen molar-refractivity contribution in [3.8, 4) is 5.69 Å². The van der Waals surface area contributed by atoms with Gasteiger partial charge in [0.15, 0.2) is 5.69 Å². The SMILES string of the molecule is O=C(c1ccc(-n2ccc(C(F)(F)F)n2)cc1)N(CC(F)(F)F)c1ccccc1. The van der Waals surface area contributed by atoms with Crippen LogP contribution in [0.15, 0.2) is 66.9 Å². The monoisotopic (exact) mass is 413 g/mol. The molecule has 2 aromatic carbocycles. The number of rotatable bonds is 4. The van der Waals surface area contributed by atoms with Crippen molar-refractivity contribution in [1.82, 2.24) is 9.78 Å². The van der Waals surface area contributed by atoms with Crippen molar-refractivity contribution >= 4 is 11.6 Å².